The maximum atomic E-state index is 12.6. The first-order valence-corrected chi connectivity index (χ1v) is 7.97. The number of aryl methyl sites for hydroxylation is 2. The van der Waals surface area contributed by atoms with Gasteiger partial charge in [0.15, 0.2) is 0 Å². The van der Waals surface area contributed by atoms with Crippen molar-refractivity contribution in [3.05, 3.63) is 74.3 Å². The molecule has 2 aromatic rings. The lowest BCUT2D eigenvalue weighted by molar-refractivity contribution is -0.385. The van der Waals surface area contributed by atoms with Gasteiger partial charge in [0, 0.05) is 17.2 Å². The Labute approximate surface area is 141 Å². The summed E-state index contributed by atoms with van der Waals surface area (Å²) < 4.78 is 0. The van der Waals surface area contributed by atoms with Gasteiger partial charge in [-0.05, 0) is 44.4 Å². The fraction of sp³-hybridized carbons (Fsp3) is 0.316. The van der Waals surface area contributed by atoms with E-state index < -0.39 is 4.92 Å². The zero-order chi connectivity index (χ0) is 17.9. The predicted molar refractivity (Wildman–Crippen MR) is 94.2 cm³/mol. The summed E-state index contributed by atoms with van der Waals surface area (Å²) in [5, 5.41) is 14.1. The molecule has 126 valence electrons. The van der Waals surface area contributed by atoms with Crippen LogP contribution in [0.25, 0.3) is 0 Å². The molecular formula is C19H22N2O3. The van der Waals surface area contributed by atoms with Gasteiger partial charge in [0.1, 0.15) is 0 Å². The van der Waals surface area contributed by atoms with Gasteiger partial charge in [-0.2, -0.15) is 0 Å². The molecule has 5 heteroatoms. The molecular weight excluding hydrogens is 304 g/mol. The number of carbonyl (C=O) groups is 1. The third-order valence-electron chi connectivity index (χ3n) is 4.26. The number of nitro groups is 1. The number of hydrogen-bond donors (Lipinski definition) is 1. The molecule has 0 aromatic heterocycles. The standard InChI is InChI=1S/C19H22N2O3/c1-5-17(15-10-9-12(2)11-13(15)3)20-19(22)16-7-6-8-18(14(16)4)21(23)24/h6-11,17H,5H2,1-4H3,(H,20,22). The number of nitro benzene ring substituents is 1. The molecule has 0 aliphatic rings. The molecule has 0 fully saturated rings. The lowest BCUT2D eigenvalue weighted by Crippen LogP contribution is -2.29. The van der Waals surface area contributed by atoms with Gasteiger partial charge in [-0.15, -0.1) is 0 Å². The first kappa shape index (κ1) is 17.7. The number of carbonyl (C=O) groups excluding carboxylic acids is 1. The van der Waals surface area contributed by atoms with E-state index in [1.807, 2.05) is 32.9 Å². The molecule has 2 aromatic carbocycles. The molecule has 0 saturated heterocycles. The van der Waals surface area contributed by atoms with Crippen molar-refractivity contribution in [1.82, 2.24) is 5.32 Å². The van der Waals surface area contributed by atoms with Crippen LogP contribution < -0.4 is 5.32 Å². The van der Waals surface area contributed by atoms with Crippen LogP contribution in [0.2, 0.25) is 0 Å². The summed E-state index contributed by atoms with van der Waals surface area (Å²) in [5.41, 5.74) is 4.05. The number of nitrogens with one attached hydrogen (secondary N) is 1. The normalized spacial score (nSPS) is 11.8. The maximum Gasteiger partial charge on any atom is 0.273 e. The van der Waals surface area contributed by atoms with Gasteiger partial charge in [0.2, 0.25) is 0 Å². The van der Waals surface area contributed by atoms with Crippen LogP contribution in [-0.4, -0.2) is 10.8 Å². The minimum Gasteiger partial charge on any atom is -0.345 e. The average molecular weight is 326 g/mol. The van der Waals surface area contributed by atoms with E-state index in [4.69, 9.17) is 0 Å². The summed E-state index contributed by atoms with van der Waals surface area (Å²) in [4.78, 5) is 23.2. The Balaban J connectivity index is 2.30. The van der Waals surface area contributed by atoms with Crippen LogP contribution in [-0.2, 0) is 0 Å². The maximum absolute atomic E-state index is 12.6. The van der Waals surface area contributed by atoms with Crippen molar-refractivity contribution in [3.63, 3.8) is 0 Å². The Morgan fingerprint density at radius 2 is 1.92 bits per heavy atom. The summed E-state index contributed by atoms with van der Waals surface area (Å²) in [5.74, 6) is -0.289. The van der Waals surface area contributed by atoms with Crippen molar-refractivity contribution in [2.45, 2.75) is 40.2 Å². The Morgan fingerprint density at radius 3 is 2.50 bits per heavy atom. The number of benzene rings is 2. The molecule has 1 atom stereocenters. The summed E-state index contributed by atoms with van der Waals surface area (Å²) >= 11 is 0. The van der Waals surface area contributed by atoms with E-state index in [-0.39, 0.29) is 17.6 Å². The van der Waals surface area contributed by atoms with E-state index in [1.54, 1.807) is 13.0 Å². The molecule has 0 radical (unpaired) electrons. The fourth-order valence-corrected chi connectivity index (χ4v) is 2.92. The molecule has 0 bridgehead atoms. The zero-order valence-electron chi connectivity index (χ0n) is 14.4. The highest BCUT2D eigenvalue weighted by Gasteiger charge is 2.21. The van der Waals surface area contributed by atoms with Gasteiger partial charge < -0.3 is 5.32 Å². The van der Waals surface area contributed by atoms with Crippen LogP contribution in [0.15, 0.2) is 36.4 Å². The molecule has 24 heavy (non-hydrogen) atoms. The summed E-state index contributed by atoms with van der Waals surface area (Å²) in [6.45, 7) is 7.66. The van der Waals surface area contributed by atoms with E-state index in [1.165, 1.54) is 17.7 Å². The number of rotatable bonds is 5. The molecule has 0 heterocycles. The second kappa shape index (κ2) is 7.25. The Kier molecular flexibility index (Phi) is 5.34. The van der Waals surface area contributed by atoms with Crippen LogP contribution in [0.4, 0.5) is 5.69 Å². The van der Waals surface area contributed by atoms with E-state index in [2.05, 4.69) is 11.4 Å². The summed E-state index contributed by atoms with van der Waals surface area (Å²) in [6.07, 6.45) is 0.740. The smallest absolute Gasteiger partial charge is 0.273 e. The highest BCUT2D eigenvalue weighted by Crippen LogP contribution is 2.24. The minimum absolute atomic E-state index is 0.0396. The minimum atomic E-state index is -0.465. The number of amides is 1. The van der Waals surface area contributed by atoms with Crippen LogP contribution in [0.1, 0.15) is 52.0 Å². The summed E-state index contributed by atoms with van der Waals surface area (Å²) in [6, 6.07) is 10.6. The molecule has 0 aliphatic heterocycles. The molecule has 5 nitrogen and oxygen atoms in total. The molecule has 0 aliphatic carbocycles. The van der Waals surface area contributed by atoms with Gasteiger partial charge in [0.25, 0.3) is 11.6 Å². The SMILES string of the molecule is CCC(NC(=O)c1cccc([N+](=O)[O-])c1C)c1ccc(C)cc1C. The lowest BCUT2D eigenvalue weighted by atomic mass is 9.97. The van der Waals surface area contributed by atoms with Gasteiger partial charge in [-0.1, -0.05) is 36.8 Å². The van der Waals surface area contributed by atoms with Crippen LogP contribution in [0.5, 0.6) is 0 Å². The topological polar surface area (TPSA) is 72.2 Å². The van der Waals surface area contributed by atoms with Crippen molar-refractivity contribution < 1.29 is 9.72 Å². The third kappa shape index (κ3) is 3.62. The van der Waals surface area contributed by atoms with Gasteiger partial charge in [-0.3, -0.25) is 14.9 Å². The second-order valence-corrected chi connectivity index (χ2v) is 6.00. The van der Waals surface area contributed by atoms with Crippen molar-refractivity contribution in [3.8, 4) is 0 Å². The second-order valence-electron chi connectivity index (χ2n) is 6.00. The van der Waals surface area contributed by atoms with Gasteiger partial charge >= 0.3 is 0 Å². The van der Waals surface area contributed by atoms with E-state index in [9.17, 15) is 14.9 Å². The van der Waals surface area contributed by atoms with Crippen LogP contribution >= 0.6 is 0 Å². The molecule has 0 saturated carbocycles. The first-order valence-electron chi connectivity index (χ1n) is 7.97. The Morgan fingerprint density at radius 1 is 1.21 bits per heavy atom. The third-order valence-corrected chi connectivity index (χ3v) is 4.26. The predicted octanol–water partition coefficient (Wildman–Crippen LogP) is 4.40. The average Bonchev–Trinajstić information content (AvgIpc) is 2.52. The van der Waals surface area contributed by atoms with Crippen LogP contribution in [0.3, 0.4) is 0 Å². The van der Waals surface area contributed by atoms with Gasteiger partial charge in [-0.25, -0.2) is 0 Å². The zero-order valence-corrected chi connectivity index (χ0v) is 14.4. The summed E-state index contributed by atoms with van der Waals surface area (Å²) in [7, 11) is 0. The van der Waals surface area contributed by atoms with Gasteiger partial charge in [0.05, 0.1) is 11.0 Å². The Hall–Kier alpha value is -2.69. The number of nitrogens with zero attached hydrogens (tertiary/aromatic N) is 1. The van der Waals surface area contributed by atoms with Crippen LogP contribution in [0, 0.1) is 30.9 Å². The molecule has 2 rings (SSSR count). The van der Waals surface area contributed by atoms with E-state index in [0.29, 0.717) is 11.1 Å². The lowest BCUT2D eigenvalue weighted by Gasteiger charge is -2.20. The molecule has 0 spiro atoms. The van der Waals surface area contributed by atoms with Crippen molar-refractivity contribution in [1.29, 1.82) is 0 Å². The Bertz CT molecular complexity index is 784. The highest BCUT2D eigenvalue weighted by atomic mass is 16.6. The van der Waals surface area contributed by atoms with Crippen molar-refractivity contribution in [2.24, 2.45) is 0 Å². The molecule has 1 unspecified atom stereocenters. The quantitative estimate of drug-likeness (QED) is 0.654. The first-order chi connectivity index (χ1) is 11.3. The largest absolute Gasteiger partial charge is 0.345 e. The fourth-order valence-electron chi connectivity index (χ4n) is 2.92. The van der Waals surface area contributed by atoms with Crippen molar-refractivity contribution in [2.75, 3.05) is 0 Å². The highest BCUT2D eigenvalue weighted by molar-refractivity contribution is 5.96. The molecule has 1 amide bonds. The molecule has 1 N–H and O–H groups in total. The van der Waals surface area contributed by atoms with Crippen molar-refractivity contribution >= 4 is 11.6 Å². The monoisotopic (exact) mass is 326 g/mol. The van der Waals surface area contributed by atoms with E-state index in [0.717, 1.165) is 17.5 Å². The number of hydrogen-bond acceptors (Lipinski definition) is 3. The van der Waals surface area contributed by atoms with E-state index >= 15 is 0 Å².